The third-order valence-corrected chi connectivity index (χ3v) is 5.93. The molecule has 4 amide bonds. The van der Waals surface area contributed by atoms with Crippen molar-refractivity contribution >= 4 is 33.8 Å². The summed E-state index contributed by atoms with van der Waals surface area (Å²) < 4.78 is 0.717. The second kappa shape index (κ2) is 7.75. The number of nitrogens with one attached hydrogen (secondary N) is 1. The van der Waals surface area contributed by atoms with Gasteiger partial charge in [-0.05, 0) is 25.5 Å². The van der Waals surface area contributed by atoms with E-state index in [2.05, 4.69) is 21.2 Å². The van der Waals surface area contributed by atoms with Gasteiger partial charge in [0.1, 0.15) is 12.1 Å². The number of hydrogen-bond donors (Lipinski definition) is 1. The summed E-state index contributed by atoms with van der Waals surface area (Å²) in [5, 5.41) is 2.73. The monoisotopic (exact) mass is 443 g/mol. The molecule has 1 aliphatic rings. The van der Waals surface area contributed by atoms with Crippen molar-refractivity contribution in [2.75, 3.05) is 13.6 Å². The van der Waals surface area contributed by atoms with Crippen LogP contribution in [0.25, 0.3) is 0 Å². The zero-order chi connectivity index (χ0) is 20.5. The van der Waals surface area contributed by atoms with Crippen LogP contribution in [0.15, 0.2) is 59.1 Å². The number of benzene rings is 2. The topological polar surface area (TPSA) is 69.7 Å². The highest BCUT2D eigenvalue weighted by molar-refractivity contribution is 9.10. The van der Waals surface area contributed by atoms with Gasteiger partial charge in [-0.2, -0.15) is 0 Å². The van der Waals surface area contributed by atoms with Crippen LogP contribution in [0, 0.1) is 0 Å². The third kappa shape index (κ3) is 3.54. The molecule has 2 aromatic carbocycles. The number of hydrogen-bond acceptors (Lipinski definition) is 3. The highest BCUT2D eigenvalue weighted by atomic mass is 79.9. The second-order valence-electron chi connectivity index (χ2n) is 7.02. The molecule has 0 saturated carbocycles. The molecule has 1 saturated heterocycles. The molecule has 6 nitrogen and oxygen atoms in total. The van der Waals surface area contributed by atoms with Gasteiger partial charge in [0, 0.05) is 17.1 Å². The molecular formula is C21H22BrN3O3. The maximum absolute atomic E-state index is 13.0. The largest absolute Gasteiger partial charge is 0.337 e. The molecule has 7 heteroatoms. The number of halogens is 1. The van der Waals surface area contributed by atoms with E-state index in [0.29, 0.717) is 10.0 Å². The third-order valence-electron chi connectivity index (χ3n) is 5.24. The molecule has 146 valence electrons. The molecule has 0 aromatic heterocycles. The summed E-state index contributed by atoms with van der Waals surface area (Å²) in [7, 11) is 1.67. The van der Waals surface area contributed by atoms with Crippen LogP contribution in [-0.4, -0.2) is 41.2 Å². The van der Waals surface area contributed by atoms with Gasteiger partial charge >= 0.3 is 6.03 Å². The molecular weight excluding hydrogens is 422 g/mol. The number of rotatable bonds is 5. The maximum atomic E-state index is 13.0. The molecule has 28 heavy (non-hydrogen) atoms. The molecule has 3 rings (SSSR count). The van der Waals surface area contributed by atoms with E-state index in [0.717, 1.165) is 10.5 Å². The Labute approximate surface area is 172 Å². The smallest absolute Gasteiger partial charge is 0.325 e. The van der Waals surface area contributed by atoms with Crippen molar-refractivity contribution in [1.82, 2.24) is 15.1 Å². The quantitative estimate of drug-likeness (QED) is 0.719. The van der Waals surface area contributed by atoms with Crippen LogP contribution in [0.3, 0.4) is 0 Å². The van der Waals surface area contributed by atoms with Gasteiger partial charge in [-0.1, -0.05) is 64.5 Å². The van der Waals surface area contributed by atoms with Crippen LogP contribution in [-0.2, 0) is 15.1 Å². The lowest BCUT2D eigenvalue weighted by Crippen LogP contribution is -2.44. The lowest BCUT2D eigenvalue weighted by molar-refractivity contribution is -0.139. The predicted molar refractivity (Wildman–Crippen MR) is 109 cm³/mol. The predicted octanol–water partition coefficient (Wildman–Crippen LogP) is 3.44. The fourth-order valence-electron chi connectivity index (χ4n) is 3.31. The van der Waals surface area contributed by atoms with Crippen molar-refractivity contribution in [3.05, 3.63) is 70.2 Å². The molecule has 0 bridgehead atoms. The van der Waals surface area contributed by atoms with Gasteiger partial charge in [-0.3, -0.25) is 14.5 Å². The molecule has 2 unspecified atom stereocenters. The molecule has 1 N–H and O–H groups in total. The number of carbonyl (C=O) groups is 3. The molecule has 1 heterocycles. The summed E-state index contributed by atoms with van der Waals surface area (Å²) in [6.07, 6.45) is 0. The van der Waals surface area contributed by atoms with Gasteiger partial charge in [0.2, 0.25) is 5.91 Å². The van der Waals surface area contributed by atoms with Crippen LogP contribution in [0.4, 0.5) is 4.79 Å². The number of likely N-dealkylation sites (N-methyl/N-ethyl adjacent to an activating group) is 1. The normalized spacial score (nSPS) is 20.1. The molecule has 1 fully saturated rings. The fourth-order valence-corrected chi connectivity index (χ4v) is 3.99. The van der Waals surface area contributed by atoms with E-state index in [4.69, 9.17) is 0 Å². The number of imide groups is 1. The summed E-state index contributed by atoms with van der Waals surface area (Å²) >= 11 is 3.43. The molecule has 0 radical (unpaired) electrons. The standard InChI is InChI=1S/C21H22BrN3O3/c1-14(15-9-5-4-6-10-15)24(3)18(26)13-25-19(27)21(2,23-20(25)28)16-11-7-8-12-17(16)22/h4-12,14H,13H2,1-3H3,(H,23,28). The average molecular weight is 444 g/mol. The first-order valence-electron chi connectivity index (χ1n) is 8.95. The Morgan fingerprint density at radius 2 is 1.75 bits per heavy atom. The van der Waals surface area contributed by atoms with E-state index in [1.54, 1.807) is 31.0 Å². The molecule has 0 spiro atoms. The zero-order valence-electron chi connectivity index (χ0n) is 16.0. The molecule has 2 aromatic rings. The van der Waals surface area contributed by atoms with E-state index >= 15 is 0 Å². The van der Waals surface area contributed by atoms with E-state index in [9.17, 15) is 14.4 Å². The summed E-state index contributed by atoms with van der Waals surface area (Å²) in [5.74, 6) is -0.755. The Balaban J connectivity index is 1.77. The van der Waals surface area contributed by atoms with Crippen molar-refractivity contribution in [1.29, 1.82) is 0 Å². The van der Waals surface area contributed by atoms with Crippen molar-refractivity contribution in [2.45, 2.75) is 25.4 Å². The molecule has 2 atom stereocenters. The fraction of sp³-hybridized carbons (Fsp3) is 0.286. The average Bonchev–Trinajstić information content (AvgIpc) is 2.91. The van der Waals surface area contributed by atoms with Gasteiger partial charge in [-0.15, -0.1) is 0 Å². The number of urea groups is 1. The second-order valence-corrected chi connectivity index (χ2v) is 7.87. The minimum Gasteiger partial charge on any atom is -0.337 e. The van der Waals surface area contributed by atoms with Crippen molar-refractivity contribution in [3.8, 4) is 0 Å². The highest BCUT2D eigenvalue weighted by Gasteiger charge is 2.50. The summed E-state index contributed by atoms with van der Waals surface area (Å²) in [6, 6.07) is 16.1. The lowest BCUT2D eigenvalue weighted by atomic mass is 9.92. The molecule has 0 aliphatic carbocycles. The number of carbonyl (C=O) groups excluding carboxylic acids is 3. The number of amides is 4. The minimum absolute atomic E-state index is 0.177. The Bertz CT molecular complexity index is 918. The Hall–Kier alpha value is -2.67. The van der Waals surface area contributed by atoms with Gasteiger partial charge in [-0.25, -0.2) is 4.79 Å². The first-order valence-corrected chi connectivity index (χ1v) is 9.74. The van der Waals surface area contributed by atoms with Gasteiger partial charge in [0.05, 0.1) is 6.04 Å². The summed E-state index contributed by atoms with van der Waals surface area (Å²) in [5.41, 5.74) is 0.407. The first kappa shape index (κ1) is 20.1. The van der Waals surface area contributed by atoms with Gasteiger partial charge < -0.3 is 10.2 Å². The summed E-state index contributed by atoms with van der Waals surface area (Å²) in [6.45, 7) is 3.25. The maximum Gasteiger partial charge on any atom is 0.325 e. The lowest BCUT2D eigenvalue weighted by Gasteiger charge is -2.27. The SMILES string of the molecule is CC(c1ccccc1)N(C)C(=O)CN1C(=O)NC(C)(c2ccccc2Br)C1=O. The van der Waals surface area contributed by atoms with Crippen molar-refractivity contribution in [3.63, 3.8) is 0 Å². The summed E-state index contributed by atoms with van der Waals surface area (Å²) in [4.78, 5) is 40.8. The first-order chi connectivity index (χ1) is 13.3. The van der Waals surface area contributed by atoms with Crippen LogP contribution in [0.5, 0.6) is 0 Å². The van der Waals surface area contributed by atoms with Crippen molar-refractivity contribution in [2.24, 2.45) is 0 Å². The van der Waals surface area contributed by atoms with Crippen LogP contribution < -0.4 is 5.32 Å². The Kier molecular flexibility index (Phi) is 5.56. The number of nitrogens with zero attached hydrogens (tertiary/aromatic N) is 2. The minimum atomic E-state index is -1.22. The molecule has 1 aliphatic heterocycles. The zero-order valence-corrected chi connectivity index (χ0v) is 17.6. The van der Waals surface area contributed by atoms with Gasteiger partial charge in [0.15, 0.2) is 0 Å². The van der Waals surface area contributed by atoms with Crippen LogP contribution in [0.2, 0.25) is 0 Å². The van der Waals surface area contributed by atoms with E-state index < -0.39 is 17.5 Å². The van der Waals surface area contributed by atoms with Crippen LogP contribution >= 0.6 is 15.9 Å². The van der Waals surface area contributed by atoms with E-state index in [1.165, 1.54) is 0 Å². The van der Waals surface area contributed by atoms with E-state index in [1.807, 2.05) is 49.4 Å². The Morgan fingerprint density at radius 1 is 1.14 bits per heavy atom. The van der Waals surface area contributed by atoms with Crippen molar-refractivity contribution < 1.29 is 14.4 Å². The van der Waals surface area contributed by atoms with E-state index in [-0.39, 0.29) is 18.5 Å². The highest BCUT2D eigenvalue weighted by Crippen LogP contribution is 2.33. The van der Waals surface area contributed by atoms with Gasteiger partial charge in [0.25, 0.3) is 5.91 Å². The Morgan fingerprint density at radius 3 is 2.39 bits per heavy atom. The van der Waals surface area contributed by atoms with Crippen LogP contribution in [0.1, 0.15) is 31.0 Å².